The van der Waals surface area contributed by atoms with Crippen molar-refractivity contribution in [3.63, 3.8) is 0 Å². The second kappa shape index (κ2) is 11.6. The molecule has 0 bridgehead atoms. The topological polar surface area (TPSA) is 69.4 Å². The first-order valence-corrected chi connectivity index (χ1v) is 11.5. The minimum Gasteiger partial charge on any atom is -0.462 e. The van der Waals surface area contributed by atoms with Crippen molar-refractivity contribution in [2.75, 3.05) is 6.61 Å². The average Bonchev–Trinajstić information content (AvgIpc) is 2.73. The molecule has 4 heteroatoms. The smallest absolute Gasteiger partial charge is 0.338 e. The molecule has 1 amide bonds. The third-order valence-corrected chi connectivity index (χ3v) is 6.27. The molecule has 0 saturated carbocycles. The fraction of sp³-hybridized carbons (Fsp3) is 0.379. The van der Waals surface area contributed by atoms with Crippen LogP contribution in [0.4, 0.5) is 0 Å². The van der Waals surface area contributed by atoms with Crippen molar-refractivity contribution in [3.05, 3.63) is 94.1 Å². The van der Waals surface area contributed by atoms with Gasteiger partial charge in [-0.2, -0.15) is 0 Å². The fourth-order valence-electron chi connectivity index (χ4n) is 4.59. The Balaban J connectivity index is 2.32. The molecule has 0 saturated heterocycles. The lowest BCUT2D eigenvalue weighted by Gasteiger charge is -2.42. The second-order valence-corrected chi connectivity index (χ2v) is 9.21. The Morgan fingerprint density at radius 3 is 2.52 bits per heavy atom. The van der Waals surface area contributed by atoms with Crippen molar-refractivity contribution in [1.29, 1.82) is 0 Å². The van der Waals surface area contributed by atoms with Crippen LogP contribution in [-0.2, 0) is 9.53 Å². The molecule has 176 valence electrons. The van der Waals surface area contributed by atoms with Crippen molar-refractivity contribution in [2.45, 2.75) is 60.3 Å². The van der Waals surface area contributed by atoms with E-state index in [9.17, 15) is 9.59 Å². The molecule has 0 radical (unpaired) electrons. The Labute approximate surface area is 198 Å². The fourth-order valence-corrected chi connectivity index (χ4v) is 4.59. The zero-order valence-electron chi connectivity index (χ0n) is 20.8. The van der Waals surface area contributed by atoms with Gasteiger partial charge in [-0.15, -0.1) is 0 Å². The molecule has 1 aliphatic rings. The third-order valence-electron chi connectivity index (χ3n) is 6.27. The Bertz CT molecular complexity index is 1030. The van der Waals surface area contributed by atoms with Crippen LogP contribution in [0.2, 0.25) is 0 Å². The van der Waals surface area contributed by atoms with Gasteiger partial charge in [0.2, 0.25) is 5.91 Å². The summed E-state index contributed by atoms with van der Waals surface area (Å²) in [4.78, 5) is 23.5. The summed E-state index contributed by atoms with van der Waals surface area (Å²) in [6.07, 6.45) is 13.5. The van der Waals surface area contributed by atoms with Gasteiger partial charge in [0.25, 0.3) is 0 Å². The molecule has 1 aliphatic carbocycles. The average molecular weight is 448 g/mol. The third kappa shape index (κ3) is 6.92. The molecule has 0 fully saturated rings. The second-order valence-electron chi connectivity index (χ2n) is 9.21. The zero-order valence-corrected chi connectivity index (χ0v) is 20.8. The van der Waals surface area contributed by atoms with E-state index in [0.717, 1.165) is 29.6 Å². The molecule has 1 unspecified atom stereocenters. The van der Waals surface area contributed by atoms with E-state index in [0.29, 0.717) is 12.2 Å². The molecular weight excluding hydrogens is 410 g/mol. The van der Waals surface area contributed by atoms with Gasteiger partial charge in [-0.05, 0) is 74.6 Å². The molecule has 0 heterocycles. The highest BCUT2D eigenvalue weighted by molar-refractivity contribution is 5.91. The van der Waals surface area contributed by atoms with Gasteiger partial charge in [-0.1, -0.05) is 73.6 Å². The van der Waals surface area contributed by atoms with Crippen molar-refractivity contribution in [1.82, 2.24) is 0 Å². The Hall–Kier alpha value is -3.14. The van der Waals surface area contributed by atoms with Crippen LogP contribution in [0.25, 0.3) is 0 Å². The molecule has 1 atom stereocenters. The van der Waals surface area contributed by atoms with Crippen molar-refractivity contribution in [2.24, 2.45) is 11.1 Å². The van der Waals surface area contributed by atoms with Crippen LogP contribution in [0, 0.1) is 5.41 Å². The van der Waals surface area contributed by atoms with Crippen LogP contribution in [0.5, 0.6) is 0 Å². The number of rotatable bonds is 8. The maximum Gasteiger partial charge on any atom is 0.338 e. The maximum atomic E-state index is 12.6. The monoisotopic (exact) mass is 447 g/mol. The first-order chi connectivity index (χ1) is 15.6. The van der Waals surface area contributed by atoms with E-state index >= 15 is 0 Å². The minimum atomic E-state index is -0.446. The first-order valence-electron chi connectivity index (χ1n) is 11.5. The molecule has 2 rings (SSSR count). The number of ether oxygens (including phenoxy) is 1. The molecule has 0 aromatic heterocycles. The summed E-state index contributed by atoms with van der Waals surface area (Å²) >= 11 is 0. The molecule has 1 aromatic rings. The highest BCUT2D eigenvalue weighted by Crippen LogP contribution is 2.51. The van der Waals surface area contributed by atoms with Gasteiger partial charge < -0.3 is 10.5 Å². The largest absolute Gasteiger partial charge is 0.462 e. The summed E-state index contributed by atoms with van der Waals surface area (Å²) in [6, 6.07) is 7.84. The molecule has 1 aromatic carbocycles. The van der Waals surface area contributed by atoms with Gasteiger partial charge in [0, 0.05) is 6.08 Å². The van der Waals surface area contributed by atoms with E-state index in [4.69, 9.17) is 10.5 Å². The van der Waals surface area contributed by atoms with Crippen molar-refractivity contribution >= 4 is 11.9 Å². The van der Waals surface area contributed by atoms with Crippen LogP contribution < -0.4 is 5.73 Å². The zero-order chi connectivity index (χ0) is 24.6. The lowest BCUT2D eigenvalue weighted by molar-refractivity contribution is -0.113. The van der Waals surface area contributed by atoms with Gasteiger partial charge in [0.15, 0.2) is 0 Å². The summed E-state index contributed by atoms with van der Waals surface area (Å²) in [5.74, 6) is -0.482. The number of primary amides is 1. The Kier molecular flexibility index (Phi) is 9.22. The predicted molar refractivity (Wildman–Crippen MR) is 136 cm³/mol. The minimum absolute atomic E-state index is 0.141. The number of carbonyl (C=O) groups excluding carboxylic acids is 2. The number of allylic oxidation sites excluding steroid dienone is 9. The summed E-state index contributed by atoms with van der Waals surface area (Å²) in [7, 11) is 0. The highest BCUT2D eigenvalue weighted by Gasteiger charge is 2.38. The molecular formula is C29H37NO3. The van der Waals surface area contributed by atoms with E-state index in [-0.39, 0.29) is 17.3 Å². The number of hydrogen-bond donors (Lipinski definition) is 1. The predicted octanol–water partition coefficient (Wildman–Crippen LogP) is 6.57. The normalized spacial score (nSPS) is 19.4. The lowest BCUT2D eigenvalue weighted by Crippen LogP contribution is -2.30. The van der Waals surface area contributed by atoms with E-state index in [1.807, 2.05) is 57.2 Å². The number of esters is 1. The van der Waals surface area contributed by atoms with E-state index < -0.39 is 5.91 Å². The van der Waals surface area contributed by atoms with Gasteiger partial charge in [-0.3, -0.25) is 4.79 Å². The number of amides is 1. The molecule has 33 heavy (non-hydrogen) atoms. The summed E-state index contributed by atoms with van der Waals surface area (Å²) in [6.45, 7) is 12.8. The van der Waals surface area contributed by atoms with Crippen molar-refractivity contribution < 1.29 is 14.3 Å². The number of hydrogen-bond acceptors (Lipinski definition) is 3. The van der Waals surface area contributed by atoms with Gasteiger partial charge in [-0.25, -0.2) is 4.79 Å². The van der Waals surface area contributed by atoms with Gasteiger partial charge in [0.1, 0.15) is 0 Å². The SMILES string of the molecule is CCOC(=O)c1ccccc1C1CCC(C)=C(/C=C/C(C)=C/C=C/C(C)=C/C(N)=O)C1(C)C. The van der Waals surface area contributed by atoms with E-state index in [1.165, 1.54) is 17.2 Å². The molecule has 2 N–H and O–H groups in total. The van der Waals surface area contributed by atoms with Crippen LogP contribution in [0.3, 0.4) is 0 Å². The van der Waals surface area contributed by atoms with Crippen LogP contribution in [-0.4, -0.2) is 18.5 Å². The maximum absolute atomic E-state index is 12.6. The quantitative estimate of drug-likeness (QED) is 0.278. The van der Waals surface area contributed by atoms with Gasteiger partial charge in [0.05, 0.1) is 12.2 Å². The number of benzene rings is 1. The standard InChI is InChI=1S/C29H37NO3/c1-7-33-28(32)24-14-9-8-13-23(24)26-18-16-22(4)25(29(26,5)6)17-15-20(2)11-10-12-21(3)19-27(30)31/h8-15,17,19,26H,7,16,18H2,1-6H3,(H2,30,31)/b12-10+,17-15+,20-11+,21-19+. The van der Waals surface area contributed by atoms with E-state index in [1.54, 1.807) is 0 Å². The Morgan fingerprint density at radius 1 is 1.15 bits per heavy atom. The van der Waals surface area contributed by atoms with E-state index in [2.05, 4.69) is 39.0 Å². The molecule has 0 aliphatic heterocycles. The van der Waals surface area contributed by atoms with Crippen LogP contribution in [0.15, 0.2) is 83.0 Å². The number of nitrogens with two attached hydrogens (primary N) is 1. The van der Waals surface area contributed by atoms with Crippen LogP contribution in [0.1, 0.15) is 76.2 Å². The Morgan fingerprint density at radius 2 is 1.85 bits per heavy atom. The molecule has 4 nitrogen and oxygen atoms in total. The van der Waals surface area contributed by atoms with Crippen molar-refractivity contribution in [3.8, 4) is 0 Å². The molecule has 0 spiro atoms. The highest BCUT2D eigenvalue weighted by atomic mass is 16.5. The van der Waals surface area contributed by atoms with Crippen LogP contribution >= 0.6 is 0 Å². The van der Waals surface area contributed by atoms with Gasteiger partial charge >= 0.3 is 5.97 Å². The summed E-state index contributed by atoms with van der Waals surface area (Å²) in [5, 5.41) is 0. The summed E-state index contributed by atoms with van der Waals surface area (Å²) in [5.41, 5.74) is 11.4. The summed E-state index contributed by atoms with van der Waals surface area (Å²) < 4.78 is 5.32. The first kappa shape index (κ1) is 26.1. The lowest BCUT2D eigenvalue weighted by atomic mass is 9.62. The number of carbonyl (C=O) groups is 2.